The molecule has 1 saturated carbocycles. The summed E-state index contributed by atoms with van der Waals surface area (Å²) in [6.45, 7) is 10.7. The van der Waals surface area contributed by atoms with Crippen LogP contribution in [0.25, 0.3) is 0 Å². The second-order valence-corrected chi connectivity index (χ2v) is 7.90. The van der Waals surface area contributed by atoms with Crippen molar-refractivity contribution >= 4 is 6.09 Å². The summed E-state index contributed by atoms with van der Waals surface area (Å²) in [5.41, 5.74) is -0.523. The lowest BCUT2D eigenvalue weighted by Gasteiger charge is -2.32. The van der Waals surface area contributed by atoms with Gasteiger partial charge in [-0.25, -0.2) is 4.79 Å². The van der Waals surface area contributed by atoms with Gasteiger partial charge >= 0.3 is 6.09 Å². The van der Waals surface area contributed by atoms with Gasteiger partial charge in [-0.05, 0) is 46.5 Å². The van der Waals surface area contributed by atoms with E-state index in [4.69, 9.17) is 4.74 Å². The first kappa shape index (κ1) is 18.2. The molecule has 0 heterocycles. The zero-order valence-corrected chi connectivity index (χ0v) is 14.2. The summed E-state index contributed by atoms with van der Waals surface area (Å²) in [4.78, 5) is 11.7. The van der Waals surface area contributed by atoms with Crippen LogP contribution in [0.5, 0.6) is 0 Å². The summed E-state index contributed by atoms with van der Waals surface area (Å²) in [5.74, 6) is 0. The summed E-state index contributed by atoms with van der Waals surface area (Å²) < 4.78 is 5.28. The molecule has 0 atom stereocenters. The number of hydrogen-bond donors (Lipinski definition) is 3. The summed E-state index contributed by atoms with van der Waals surface area (Å²) in [6.07, 6.45) is 3.71. The lowest BCUT2D eigenvalue weighted by Crippen LogP contribution is -2.45. The molecule has 5 heteroatoms. The molecule has 0 unspecified atom stereocenters. The maximum Gasteiger partial charge on any atom is 0.407 e. The molecule has 5 nitrogen and oxygen atoms in total. The fraction of sp³-hybridized carbons (Fsp3) is 0.938. The van der Waals surface area contributed by atoms with Gasteiger partial charge in [0.2, 0.25) is 0 Å². The van der Waals surface area contributed by atoms with Crippen LogP contribution in [0.3, 0.4) is 0 Å². The predicted octanol–water partition coefficient (Wildman–Crippen LogP) is 2.43. The molecule has 0 spiro atoms. The van der Waals surface area contributed by atoms with E-state index in [1.807, 2.05) is 20.8 Å². The van der Waals surface area contributed by atoms with Gasteiger partial charge < -0.3 is 20.5 Å². The number of carbonyl (C=O) groups is 1. The minimum atomic E-state index is -0.446. The molecule has 0 radical (unpaired) electrons. The van der Waals surface area contributed by atoms with Crippen LogP contribution < -0.4 is 10.6 Å². The van der Waals surface area contributed by atoms with E-state index in [2.05, 4.69) is 24.5 Å². The van der Waals surface area contributed by atoms with Gasteiger partial charge in [-0.3, -0.25) is 0 Å². The van der Waals surface area contributed by atoms with E-state index in [9.17, 15) is 9.90 Å². The smallest absolute Gasteiger partial charge is 0.407 e. The third-order valence-corrected chi connectivity index (χ3v) is 3.75. The van der Waals surface area contributed by atoms with E-state index in [1.165, 1.54) is 0 Å². The molecule has 1 aliphatic rings. The second-order valence-electron chi connectivity index (χ2n) is 7.90. The molecule has 3 N–H and O–H groups in total. The van der Waals surface area contributed by atoms with Crippen molar-refractivity contribution in [1.82, 2.24) is 10.6 Å². The molecule has 0 aromatic heterocycles. The quantitative estimate of drug-likeness (QED) is 0.729. The molecule has 1 rings (SSSR count). The van der Waals surface area contributed by atoms with Crippen molar-refractivity contribution in [2.45, 2.75) is 78.0 Å². The Morgan fingerprint density at radius 1 is 1.10 bits per heavy atom. The van der Waals surface area contributed by atoms with Crippen molar-refractivity contribution in [1.29, 1.82) is 0 Å². The van der Waals surface area contributed by atoms with Crippen molar-refractivity contribution in [3.8, 4) is 0 Å². The van der Waals surface area contributed by atoms with Gasteiger partial charge in [0, 0.05) is 30.7 Å². The Morgan fingerprint density at radius 3 is 2.10 bits per heavy atom. The molecule has 1 fully saturated rings. The lowest BCUT2D eigenvalue weighted by atomic mass is 9.89. The first-order valence-electron chi connectivity index (χ1n) is 7.95. The van der Waals surface area contributed by atoms with Crippen LogP contribution in [0.4, 0.5) is 4.79 Å². The summed E-state index contributed by atoms with van der Waals surface area (Å²) in [7, 11) is 0. The number of nitrogens with one attached hydrogen (secondary N) is 2. The zero-order chi connectivity index (χ0) is 16.1. The maximum absolute atomic E-state index is 11.7. The average molecular weight is 300 g/mol. The van der Waals surface area contributed by atoms with Gasteiger partial charge in [0.05, 0.1) is 0 Å². The monoisotopic (exact) mass is 300 g/mol. The van der Waals surface area contributed by atoms with E-state index in [1.54, 1.807) is 0 Å². The third kappa shape index (κ3) is 7.67. The maximum atomic E-state index is 11.7. The van der Waals surface area contributed by atoms with Crippen LogP contribution in [0.1, 0.15) is 60.3 Å². The Kier molecular flexibility index (Phi) is 6.47. The Labute approximate surface area is 128 Å². The minimum Gasteiger partial charge on any atom is -0.444 e. The topological polar surface area (TPSA) is 70.6 Å². The largest absolute Gasteiger partial charge is 0.444 e. The molecular formula is C16H32N2O3. The molecule has 21 heavy (non-hydrogen) atoms. The standard InChI is InChI=1S/C16H32N2O3/c1-15(2,3)21-14(20)18-13-8-6-12(7-9-13)17-10-16(4,5)11-19/h12-13,17,19H,6-11H2,1-5H3,(H,18,20). The van der Waals surface area contributed by atoms with Crippen LogP contribution in [-0.4, -0.2) is 42.0 Å². The highest BCUT2D eigenvalue weighted by atomic mass is 16.6. The second kappa shape index (κ2) is 7.45. The third-order valence-electron chi connectivity index (χ3n) is 3.75. The van der Waals surface area contributed by atoms with Crippen LogP contribution in [-0.2, 0) is 4.74 Å². The Balaban J connectivity index is 2.25. The molecule has 0 aromatic rings. The zero-order valence-electron chi connectivity index (χ0n) is 14.2. The van der Waals surface area contributed by atoms with Gasteiger partial charge in [0.15, 0.2) is 0 Å². The number of aliphatic hydroxyl groups excluding tert-OH is 1. The van der Waals surface area contributed by atoms with Crippen LogP contribution in [0.15, 0.2) is 0 Å². The molecule has 1 aliphatic carbocycles. The number of carbonyl (C=O) groups excluding carboxylic acids is 1. The highest BCUT2D eigenvalue weighted by Gasteiger charge is 2.26. The summed E-state index contributed by atoms with van der Waals surface area (Å²) >= 11 is 0. The number of ether oxygens (including phenoxy) is 1. The van der Waals surface area contributed by atoms with Gasteiger partial charge in [-0.1, -0.05) is 13.8 Å². The summed E-state index contributed by atoms with van der Waals surface area (Å²) in [5, 5.41) is 15.7. The lowest BCUT2D eigenvalue weighted by molar-refractivity contribution is 0.0489. The van der Waals surface area contributed by atoms with Crippen molar-refractivity contribution in [2.75, 3.05) is 13.2 Å². The first-order chi connectivity index (χ1) is 9.61. The Morgan fingerprint density at radius 2 is 1.62 bits per heavy atom. The van der Waals surface area contributed by atoms with Crippen LogP contribution in [0, 0.1) is 5.41 Å². The number of rotatable bonds is 5. The van der Waals surface area contributed by atoms with E-state index >= 15 is 0 Å². The first-order valence-corrected chi connectivity index (χ1v) is 7.95. The molecule has 0 saturated heterocycles. The van der Waals surface area contributed by atoms with Gasteiger partial charge in [-0.15, -0.1) is 0 Å². The van der Waals surface area contributed by atoms with Crippen molar-refractivity contribution in [3.05, 3.63) is 0 Å². The number of alkyl carbamates (subject to hydrolysis) is 1. The Hall–Kier alpha value is -0.810. The van der Waals surface area contributed by atoms with Gasteiger partial charge in [0.1, 0.15) is 5.60 Å². The highest BCUT2D eigenvalue weighted by molar-refractivity contribution is 5.68. The van der Waals surface area contributed by atoms with Crippen LogP contribution >= 0.6 is 0 Å². The van der Waals surface area contributed by atoms with Crippen LogP contribution in [0.2, 0.25) is 0 Å². The van der Waals surface area contributed by atoms with E-state index in [0.717, 1.165) is 32.2 Å². The van der Waals surface area contributed by atoms with E-state index in [0.29, 0.717) is 6.04 Å². The predicted molar refractivity (Wildman–Crippen MR) is 84.3 cm³/mol. The van der Waals surface area contributed by atoms with E-state index in [-0.39, 0.29) is 24.2 Å². The molecule has 0 aliphatic heterocycles. The van der Waals surface area contributed by atoms with Gasteiger partial charge in [-0.2, -0.15) is 0 Å². The summed E-state index contributed by atoms with van der Waals surface area (Å²) in [6, 6.07) is 0.691. The molecule has 0 bridgehead atoms. The fourth-order valence-electron chi connectivity index (χ4n) is 2.39. The molecule has 124 valence electrons. The SMILES string of the molecule is CC(C)(CO)CNC1CCC(NC(=O)OC(C)(C)C)CC1. The average Bonchev–Trinajstić information content (AvgIpc) is 2.36. The minimum absolute atomic E-state index is 0.0778. The van der Waals surface area contributed by atoms with Crippen molar-refractivity contribution < 1.29 is 14.6 Å². The normalized spacial score (nSPS) is 23.7. The Bertz CT molecular complexity index is 329. The number of aliphatic hydroxyl groups is 1. The van der Waals surface area contributed by atoms with E-state index < -0.39 is 5.60 Å². The number of hydrogen-bond acceptors (Lipinski definition) is 4. The fourth-order valence-corrected chi connectivity index (χ4v) is 2.39. The van der Waals surface area contributed by atoms with Crippen molar-refractivity contribution in [3.63, 3.8) is 0 Å². The molecule has 0 aromatic carbocycles. The number of amides is 1. The highest BCUT2D eigenvalue weighted by Crippen LogP contribution is 2.21. The van der Waals surface area contributed by atoms with Crippen molar-refractivity contribution in [2.24, 2.45) is 5.41 Å². The van der Waals surface area contributed by atoms with Gasteiger partial charge in [0.25, 0.3) is 0 Å². The molecular weight excluding hydrogens is 268 g/mol. The molecule has 1 amide bonds.